The van der Waals surface area contributed by atoms with Crippen LogP contribution in [0.4, 0.5) is 0 Å². The van der Waals surface area contributed by atoms with Gasteiger partial charge in [0.15, 0.2) is 6.61 Å². The molecule has 1 atom stereocenters. The highest BCUT2D eigenvalue weighted by molar-refractivity contribution is 5.83. The van der Waals surface area contributed by atoms with Crippen LogP contribution in [0.3, 0.4) is 0 Å². The Hall–Kier alpha value is -1.88. The van der Waals surface area contributed by atoms with Gasteiger partial charge in [0.05, 0.1) is 5.92 Å². The van der Waals surface area contributed by atoms with Crippen LogP contribution < -0.4 is 11.2 Å². The molecule has 1 aromatic rings. The average molecular weight is 248 g/mol. The van der Waals surface area contributed by atoms with Gasteiger partial charge in [0, 0.05) is 0 Å². The minimum Gasteiger partial charge on any atom is -0.368 e. The van der Waals surface area contributed by atoms with Crippen molar-refractivity contribution in [3.8, 4) is 0 Å². The zero-order valence-corrected chi connectivity index (χ0v) is 10.0. The summed E-state index contributed by atoms with van der Waals surface area (Å²) >= 11 is 0. The number of carbonyl (C=O) groups excluding carboxylic acids is 2. The number of nitrogens with two attached hydrogens (primary N) is 1. The van der Waals surface area contributed by atoms with E-state index in [4.69, 9.17) is 10.6 Å². The molecular formula is C13H16N2O3. The first-order valence-electron chi connectivity index (χ1n) is 5.96. The van der Waals surface area contributed by atoms with Crippen molar-refractivity contribution in [1.82, 2.24) is 5.48 Å². The molecule has 18 heavy (non-hydrogen) atoms. The Morgan fingerprint density at radius 2 is 2.17 bits per heavy atom. The van der Waals surface area contributed by atoms with Crippen LogP contribution in [0, 0.1) is 0 Å². The van der Waals surface area contributed by atoms with Crippen molar-refractivity contribution < 1.29 is 14.4 Å². The number of rotatable bonds is 4. The van der Waals surface area contributed by atoms with Crippen LogP contribution in [0.2, 0.25) is 0 Å². The fraction of sp³-hybridized carbons (Fsp3) is 0.385. The first kappa shape index (κ1) is 12.6. The average Bonchev–Trinajstić information content (AvgIpc) is 2.37. The first-order chi connectivity index (χ1) is 8.68. The molecule has 0 saturated carbocycles. The van der Waals surface area contributed by atoms with Crippen molar-refractivity contribution in [2.45, 2.75) is 25.2 Å². The lowest BCUT2D eigenvalue weighted by Gasteiger charge is -2.24. The molecule has 96 valence electrons. The summed E-state index contributed by atoms with van der Waals surface area (Å²) in [7, 11) is 0. The third-order valence-electron chi connectivity index (χ3n) is 3.07. The van der Waals surface area contributed by atoms with E-state index in [9.17, 15) is 9.59 Å². The normalized spacial score (nSPS) is 17.9. The number of amides is 2. The van der Waals surface area contributed by atoms with Gasteiger partial charge in [-0.3, -0.25) is 14.4 Å². The summed E-state index contributed by atoms with van der Waals surface area (Å²) in [6.45, 7) is -0.305. The van der Waals surface area contributed by atoms with Gasteiger partial charge in [-0.25, -0.2) is 5.48 Å². The Kier molecular flexibility index (Phi) is 3.94. The summed E-state index contributed by atoms with van der Waals surface area (Å²) in [5, 5.41) is 0. The van der Waals surface area contributed by atoms with Gasteiger partial charge in [-0.2, -0.15) is 0 Å². The predicted molar refractivity (Wildman–Crippen MR) is 65.4 cm³/mol. The summed E-state index contributed by atoms with van der Waals surface area (Å²) < 4.78 is 0. The zero-order chi connectivity index (χ0) is 13.0. The number of hydroxylamine groups is 1. The summed E-state index contributed by atoms with van der Waals surface area (Å²) in [6, 6.07) is 7.91. The minimum absolute atomic E-state index is 0.206. The molecule has 0 heterocycles. The molecule has 5 heteroatoms. The van der Waals surface area contributed by atoms with Gasteiger partial charge < -0.3 is 5.73 Å². The molecule has 0 aromatic heterocycles. The second-order valence-corrected chi connectivity index (χ2v) is 4.36. The predicted octanol–water partition coefficient (Wildman–Crippen LogP) is 0.640. The summed E-state index contributed by atoms with van der Waals surface area (Å²) in [6.07, 6.45) is 2.77. The number of hydrogen-bond donors (Lipinski definition) is 2. The quantitative estimate of drug-likeness (QED) is 0.767. The third kappa shape index (κ3) is 2.87. The van der Waals surface area contributed by atoms with E-state index in [1.54, 1.807) is 0 Å². The molecule has 5 nitrogen and oxygen atoms in total. The van der Waals surface area contributed by atoms with Crippen LogP contribution >= 0.6 is 0 Å². The van der Waals surface area contributed by atoms with Gasteiger partial charge in [0.2, 0.25) is 5.91 Å². The van der Waals surface area contributed by atoms with Crippen molar-refractivity contribution in [2.75, 3.05) is 6.61 Å². The number of primary amides is 1. The Balaban J connectivity index is 2.01. The number of fused-ring (bicyclic) bond motifs is 1. The van der Waals surface area contributed by atoms with Gasteiger partial charge in [-0.1, -0.05) is 24.3 Å². The van der Waals surface area contributed by atoms with Crippen molar-refractivity contribution in [3.63, 3.8) is 0 Å². The van der Waals surface area contributed by atoms with Gasteiger partial charge in [0.25, 0.3) is 5.91 Å². The number of carbonyl (C=O) groups is 2. The fourth-order valence-electron chi connectivity index (χ4n) is 2.28. The van der Waals surface area contributed by atoms with E-state index in [1.807, 2.05) is 24.3 Å². The monoisotopic (exact) mass is 248 g/mol. The maximum absolute atomic E-state index is 12.0. The van der Waals surface area contributed by atoms with E-state index < -0.39 is 5.91 Å². The Labute approximate surface area is 105 Å². The van der Waals surface area contributed by atoms with Crippen molar-refractivity contribution >= 4 is 11.8 Å². The van der Waals surface area contributed by atoms with Crippen LogP contribution in [0.5, 0.6) is 0 Å². The topological polar surface area (TPSA) is 81.4 Å². The van der Waals surface area contributed by atoms with Crippen molar-refractivity contribution in [2.24, 2.45) is 5.73 Å². The molecule has 3 N–H and O–H groups in total. The van der Waals surface area contributed by atoms with E-state index in [1.165, 1.54) is 5.56 Å². The molecule has 0 aliphatic heterocycles. The highest BCUT2D eigenvalue weighted by Gasteiger charge is 2.26. The molecule has 0 fully saturated rings. The molecule has 0 radical (unpaired) electrons. The van der Waals surface area contributed by atoms with E-state index in [-0.39, 0.29) is 18.4 Å². The maximum Gasteiger partial charge on any atom is 0.251 e. The van der Waals surface area contributed by atoms with Crippen molar-refractivity contribution in [1.29, 1.82) is 0 Å². The number of nitrogens with one attached hydrogen (secondary N) is 1. The lowest BCUT2D eigenvalue weighted by molar-refractivity contribution is -0.139. The summed E-state index contributed by atoms with van der Waals surface area (Å²) in [4.78, 5) is 27.2. The molecular weight excluding hydrogens is 232 g/mol. The molecule has 0 bridgehead atoms. The highest BCUT2D eigenvalue weighted by Crippen LogP contribution is 2.31. The molecule has 0 saturated heterocycles. The van der Waals surface area contributed by atoms with Gasteiger partial charge in [-0.15, -0.1) is 0 Å². The Bertz CT molecular complexity index is 459. The summed E-state index contributed by atoms with van der Waals surface area (Å²) in [5.74, 6) is -1.04. The van der Waals surface area contributed by atoms with Crippen LogP contribution in [0.15, 0.2) is 24.3 Å². The number of hydrogen-bond acceptors (Lipinski definition) is 3. The van der Waals surface area contributed by atoms with Gasteiger partial charge in [-0.05, 0) is 30.4 Å². The standard InChI is InChI=1S/C13H16N2O3/c14-12(16)8-18-15-13(17)11-7-3-5-9-4-1-2-6-10(9)11/h1-2,4,6,11H,3,5,7-8H2,(H2,14,16)(H,15,17). The maximum atomic E-state index is 12.0. The molecule has 1 aliphatic rings. The Morgan fingerprint density at radius 3 is 2.94 bits per heavy atom. The van der Waals surface area contributed by atoms with E-state index in [2.05, 4.69) is 5.48 Å². The van der Waals surface area contributed by atoms with Gasteiger partial charge >= 0.3 is 0 Å². The number of benzene rings is 1. The highest BCUT2D eigenvalue weighted by atomic mass is 16.7. The second kappa shape index (κ2) is 5.64. The lowest BCUT2D eigenvalue weighted by atomic mass is 9.82. The number of aryl methyl sites for hydroxylation is 1. The zero-order valence-electron chi connectivity index (χ0n) is 10.0. The molecule has 2 rings (SSSR count). The third-order valence-corrected chi connectivity index (χ3v) is 3.07. The van der Waals surface area contributed by atoms with E-state index in [0.29, 0.717) is 0 Å². The lowest BCUT2D eigenvalue weighted by Crippen LogP contribution is -2.34. The van der Waals surface area contributed by atoms with E-state index >= 15 is 0 Å². The molecule has 0 spiro atoms. The van der Waals surface area contributed by atoms with Crippen LogP contribution in [-0.4, -0.2) is 18.4 Å². The molecule has 2 amide bonds. The van der Waals surface area contributed by atoms with E-state index in [0.717, 1.165) is 24.8 Å². The Morgan fingerprint density at radius 1 is 1.39 bits per heavy atom. The second-order valence-electron chi connectivity index (χ2n) is 4.36. The SMILES string of the molecule is NC(=O)CONC(=O)C1CCCc2ccccc21. The summed E-state index contributed by atoms with van der Waals surface area (Å²) in [5.41, 5.74) is 9.46. The minimum atomic E-state index is -0.612. The smallest absolute Gasteiger partial charge is 0.251 e. The van der Waals surface area contributed by atoms with Crippen LogP contribution in [0.25, 0.3) is 0 Å². The van der Waals surface area contributed by atoms with Gasteiger partial charge in [0.1, 0.15) is 0 Å². The fourth-order valence-corrected chi connectivity index (χ4v) is 2.28. The molecule has 1 aliphatic carbocycles. The van der Waals surface area contributed by atoms with Crippen LogP contribution in [0.1, 0.15) is 29.9 Å². The molecule has 1 aromatic carbocycles. The first-order valence-corrected chi connectivity index (χ1v) is 5.96. The molecule has 1 unspecified atom stereocenters. The largest absolute Gasteiger partial charge is 0.368 e. The van der Waals surface area contributed by atoms with Crippen LogP contribution in [-0.2, 0) is 20.8 Å². The van der Waals surface area contributed by atoms with Crippen molar-refractivity contribution in [3.05, 3.63) is 35.4 Å².